The molecule has 0 bridgehead atoms. The van der Waals surface area contributed by atoms with Gasteiger partial charge in [-0.25, -0.2) is 4.79 Å². The van der Waals surface area contributed by atoms with Gasteiger partial charge in [0.15, 0.2) is 0 Å². The zero-order valence-electron chi connectivity index (χ0n) is 10.4. The summed E-state index contributed by atoms with van der Waals surface area (Å²) in [5.41, 5.74) is 9.99. The number of hydrogen-bond acceptors (Lipinski definition) is 3. The topological polar surface area (TPSA) is 52.3 Å². The quantitative estimate of drug-likeness (QED) is 0.649. The van der Waals surface area contributed by atoms with Crippen LogP contribution in [0.1, 0.15) is 15.9 Å². The molecule has 0 aliphatic rings. The lowest BCUT2D eigenvalue weighted by Crippen LogP contribution is -2.05. The first-order chi connectivity index (χ1) is 8.63. The van der Waals surface area contributed by atoms with Crippen molar-refractivity contribution in [3.8, 4) is 11.1 Å². The van der Waals surface area contributed by atoms with Crippen molar-refractivity contribution >= 4 is 11.7 Å². The zero-order valence-corrected chi connectivity index (χ0v) is 10.4. The molecule has 0 atom stereocenters. The Morgan fingerprint density at radius 1 is 1.17 bits per heavy atom. The molecule has 0 fully saturated rings. The van der Waals surface area contributed by atoms with E-state index in [9.17, 15) is 4.79 Å². The summed E-state index contributed by atoms with van der Waals surface area (Å²) in [6, 6.07) is 13.4. The van der Waals surface area contributed by atoms with E-state index in [4.69, 9.17) is 5.73 Å². The number of carbonyl (C=O) groups is 1. The van der Waals surface area contributed by atoms with Crippen LogP contribution in [0.3, 0.4) is 0 Å². The van der Waals surface area contributed by atoms with Crippen molar-refractivity contribution in [3.63, 3.8) is 0 Å². The average Bonchev–Trinajstić information content (AvgIpc) is 2.38. The second kappa shape index (κ2) is 4.92. The maximum absolute atomic E-state index is 11.4. The maximum Gasteiger partial charge on any atom is 0.339 e. The average molecular weight is 241 g/mol. The number of nitrogen functional groups attached to an aromatic ring is 1. The Labute approximate surface area is 106 Å². The summed E-state index contributed by atoms with van der Waals surface area (Å²) in [7, 11) is 1.34. The summed E-state index contributed by atoms with van der Waals surface area (Å²) >= 11 is 0. The first-order valence-corrected chi connectivity index (χ1v) is 5.67. The maximum atomic E-state index is 11.4. The van der Waals surface area contributed by atoms with Crippen LogP contribution in [0.5, 0.6) is 0 Å². The van der Waals surface area contributed by atoms with Gasteiger partial charge in [-0.1, -0.05) is 30.3 Å². The Hall–Kier alpha value is -2.29. The van der Waals surface area contributed by atoms with E-state index in [1.54, 1.807) is 12.1 Å². The number of hydrogen-bond donors (Lipinski definition) is 1. The molecular weight excluding hydrogens is 226 g/mol. The van der Waals surface area contributed by atoms with Gasteiger partial charge in [0.05, 0.1) is 12.7 Å². The SMILES string of the molecule is COC(=O)c1ccc(-c2ccccc2C)cc1N. The van der Waals surface area contributed by atoms with Crippen LogP contribution >= 0.6 is 0 Å². The molecule has 0 radical (unpaired) electrons. The van der Waals surface area contributed by atoms with Crippen molar-refractivity contribution in [1.82, 2.24) is 0 Å². The standard InChI is InChI=1S/C15H15NO2/c1-10-5-3-4-6-12(10)11-7-8-13(14(16)9-11)15(17)18-2/h3-9H,16H2,1-2H3. The van der Waals surface area contributed by atoms with Crippen LogP contribution < -0.4 is 5.73 Å². The molecule has 0 aliphatic carbocycles. The highest BCUT2D eigenvalue weighted by molar-refractivity contribution is 5.96. The van der Waals surface area contributed by atoms with Crippen molar-refractivity contribution in [2.45, 2.75) is 6.92 Å². The van der Waals surface area contributed by atoms with Gasteiger partial charge in [-0.15, -0.1) is 0 Å². The van der Waals surface area contributed by atoms with E-state index in [-0.39, 0.29) is 0 Å². The van der Waals surface area contributed by atoms with Gasteiger partial charge in [0.1, 0.15) is 0 Å². The number of nitrogens with two attached hydrogens (primary N) is 1. The van der Waals surface area contributed by atoms with Gasteiger partial charge in [-0.2, -0.15) is 0 Å². The molecule has 3 heteroatoms. The number of anilines is 1. The molecule has 0 unspecified atom stereocenters. The van der Waals surface area contributed by atoms with Crippen LogP contribution in [0.25, 0.3) is 11.1 Å². The molecular formula is C15H15NO2. The Morgan fingerprint density at radius 3 is 2.50 bits per heavy atom. The van der Waals surface area contributed by atoms with Crippen LogP contribution in [-0.4, -0.2) is 13.1 Å². The second-order valence-corrected chi connectivity index (χ2v) is 4.11. The molecule has 3 nitrogen and oxygen atoms in total. The summed E-state index contributed by atoms with van der Waals surface area (Å²) < 4.78 is 4.67. The normalized spacial score (nSPS) is 10.1. The Morgan fingerprint density at radius 2 is 1.89 bits per heavy atom. The molecule has 0 heterocycles. The van der Waals surface area contributed by atoms with E-state index in [0.29, 0.717) is 11.3 Å². The molecule has 2 N–H and O–H groups in total. The van der Waals surface area contributed by atoms with Gasteiger partial charge in [0.2, 0.25) is 0 Å². The van der Waals surface area contributed by atoms with E-state index in [1.165, 1.54) is 12.7 Å². The van der Waals surface area contributed by atoms with Crippen molar-refractivity contribution in [2.24, 2.45) is 0 Å². The highest BCUT2D eigenvalue weighted by Crippen LogP contribution is 2.26. The molecule has 2 aromatic rings. The van der Waals surface area contributed by atoms with Crippen molar-refractivity contribution in [1.29, 1.82) is 0 Å². The van der Waals surface area contributed by atoms with Gasteiger partial charge >= 0.3 is 5.97 Å². The Balaban J connectivity index is 2.47. The number of rotatable bonds is 2. The van der Waals surface area contributed by atoms with Gasteiger partial charge in [0, 0.05) is 5.69 Å². The fraction of sp³-hybridized carbons (Fsp3) is 0.133. The molecule has 0 saturated carbocycles. The molecule has 0 spiro atoms. The molecule has 0 amide bonds. The van der Waals surface area contributed by atoms with E-state index in [0.717, 1.165) is 11.1 Å². The van der Waals surface area contributed by atoms with Crippen LogP contribution in [-0.2, 0) is 4.74 Å². The number of carbonyl (C=O) groups excluding carboxylic acids is 1. The summed E-state index contributed by atoms with van der Waals surface area (Å²) in [6.07, 6.45) is 0. The fourth-order valence-corrected chi connectivity index (χ4v) is 1.92. The number of ether oxygens (including phenoxy) is 1. The summed E-state index contributed by atoms with van der Waals surface area (Å²) in [4.78, 5) is 11.4. The Kier molecular flexibility index (Phi) is 3.33. The predicted molar refractivity (Wildman–Crippen MR) is 72.4 cm³/mol. The minimum Gasteiger partial charge on any atom is -0.465 e. The van der Waals surface area contributed by atoms with Gasteiger partial charge in [-0.05, 0) is 35.7 Å². The molecule has 0 aromatic heterocycles. The van der Waals surface area contributed by atoms with Gasteiger partial charge in [-0.3, -0.25) is 0 Å². The summed E-state index contributed by atoms with van der Waals surface area (Å²) in [5, 5.41) is 0. The van der Waals surface area contributed by atoms with Gasteiger partial charge < -0.3 is 10.5 Å². The molecule has 2 rings (SSSR count). The Bertz CT molecular complexity index is 591. The minimum atomic E-state index is -0.413. The van der Waals surface area contributed by atoms with Crippen LogP contribution in [0.15, 0.2) is 42.5 Å². The third-order valence-corrected chi connectivity index (χ3v) is 2.91. The predicted octanol–water partition coefficient (Wildman–Crippen LogP) is 3.03. The van der Waals surface area contributed by atoms with E-state index < -0.39 is 5.97 Å². The van der Waals surface area contributed by atoms with E-state index in [1.807, 2.05) is 37.3 Å². The summed E-state index contributed by atoms with van der Waals surface area (Å²) in [5.74, 6) is -0.413. The smallest absolute Gasteiger partial charge is 0.339 e. The van der Waals surface area contributed by atoms with E-state index in [2.05, 4.69) is 4.74 Å². The molecule has 92 valence electrons. The number of aryl methyl sites for hydroxylation is 1. The second-order valence-electron chi connectivity index (χ2n) is 4.11. The molecule has 18 heavy (non-hydrogen) atoms. The van der Waals surface area contributed by atoms with Crippen molar-refractivity contribution < 1.29 is 9.53 Å². The monoisotopic (exact) mass is 241 g/mol. The highest BCUT2D eigenvalue weighted by atomic mass is 16.5. The first-order valence-electron chi connectivity index (χ1n) is 5.67. The number of benzene rings is 2. The van der Waals surface area contributed by atoms with Crippen LogP contribution in [0.2, 0.25) is 0 Å². The molecule has 0 aliphatic heterocycles. The minimum absolute atomic E-state index is 0.398. The number of esters is 1. The number of methoxy groups -OCH3 is 1. The molecule has 0 saturated heterocycles. The lowest BCUT2D eigenvalue weighted by atomic mass is 9.98. The summed E-state index contributed by atoms with van der Waals surface area (Å²) in [6.45, 7) is 2.04. The lowest BCUT2D eigenvalue weighted by Gasteiger charge is -2.09. The third kappa shape index (κ3) is 2.20. The van der Waals surface area contributed by atoms with Crippen LogP contribution in [0, 0.1) is 6.92 Å². The largest absolute Gasteiger partial charge is 0.465 e. The van der Waals surface area contributed by atoms with Crippen molar-refractivity contribution in [2.75, 3.05) is 12.8 Å². The van der Waals surface area contributed by atoms with Gasteiger partial charge in [0.25, 0.3) is 0 Å². The first kappa shape index (κ1) is 12.2. The third-order valence-electron chi connectivity index (χ3n) is 2.91. The van der Waals surface area contributed by atoms with Crippen molar-refractivity contribution in [3.05, 3.63) is 53.6 Å². The van der Waals surface area contributed by atoms with Crippen LogP contribution in [0.4, 0.5) is 5.69 Å². The highest BCUT2D eigenvalue weighted by Gasteiger charge is 2.11. The van der Waals surface area contributed by atoms with E-state index >= 15 is 0 Å². The zero-order chi connectivity index (χ0) is 13.1. The lowest BCUT2D eigenvalue weighted by molar-refractivity contribution is 0.0602. The fourth-order valence-electron chi connectivity index (χ4n) is 1.92. The molecule has 2 aromatic carbocycles.